The molecule has 0 amide bonds. The van der Waals surface area contributed by atoms with Gasteiger partial charge in [0, 0.05) is 32.7 Å². The van der Waals surface area contributed by atoms with Crippen LogP contribution in [0.3, 0.4) is 0 Å². The summed E-state index contributed by atoms with van der Waals surface area (Å²) in [6.07, 6.45) is 5.08. The first kappa shape index (κ1) is 10.5. The third-order valence-corrected chi connectivity index (χ3v) is 1.48. The summed E-state index contributed by atoms with van der Waals surface area (Å²) in [6.45, 7) is 0. The average Bonchev–Trinajstić information content (AvgIpc) is 2.21. The maximum atomic E-state index is 4.13. The molecule has 1 radical (unpaired) electrons. The van der Waals surface area contributed by atoms with E-state index in [0.717, 1.165) is 11.3 Å². The average molecular weight is 243 g/mol. The summed E-state index contributed by atoms with van der Waals surface area (Å²) in [7, 11) is 0. The molecule has 0 aromatic carbocycles. The van der Waals surface area contributed by atoms with Crippen LogP contribution in [0, 0.1) is 12.1 Å². The summed E-state index contributed by atoms with van der Waals surface area (Å²) < 4.78 is 0. The Kier molecular flexibility index (Phi) is 4.20. The molecule has 0 spiro atoms. The van der Waals surface area contributed by atoms with Crippen LogP contribution in [0.1, 0.15) is 0 Å². The minimum atomic E-state index is 0. The Balaban J connectivity index is 0.000000845. The summed E-state index contributed by atoms with van der Waals surface area (Å²) in [4.78, 5) is 8.01. The first-order valence-corrected chi connectivity index (χ1v) is 3.61. The van der Waals surface area contributed by atoms with Crippen LogP contribution in [0.2, 0.25) is 0 Å². The van der Waals surface area contributed by atoms with Gasteiger partial charge in [-0.25, -0.2) is 12.1 Å². The molecule has 0 fully saturated rings. The van der Waals surface area contributed by atoms with Gasteiger partial charge in [0.2, 0.25) is 0 Å². The summed E-state index contributed by atoms with van der Waals surface area (Å²) in [5, 5.41) is 0. The predicted octanol–water partition coefficient (Wildman–Crippen LogP) is 1.74. The molecular formula is C10H6N2Y-2. The van der Waals surface area contributed by atoms with Crippen molar-refractivity contribution in [2.24, 2.45) is 0 Å². The number of hydrogen-bond acceptors (Lipinski definition) is 2. The quantitative estimate of drug-likeness (QED) is 0.713. The molecule has 0 bridgehead atoms. The maximum absolute atomic E-state index is 4.13. The topological polar surface area (TPSA) is 25.8 Å². The Bertz CT molecular complexity index is 310. The molecule has 2 rings (SSSR count). The van der Waals surface area contributed by atoms with E-state index < -0.39 is 0 Å². The Morgan fingerprint density at radius 3 is 2.69 bits per heavy atom. The van der Waals surface area contributed by atoms with Gasteiger partial charge in [-0.15, -0.1) is 6.07 Å². The van der Waals surface area contributed by atoms with Crippen LogP contribution < -0.4 is 0 Å². The fourth-order valence-corrected chi connectivity index (χ4v) is 0.935. The Morgan fingerprint density at radius 1 is 1.15 bits per heavy atom. The van der Waals surface area contributed by atoms with Crippen LogP contribution >= 0.6 is 0 Å². The fourth-order valence-electron chi connectivity index (χ4n) is 0.935. The van der Waals surface area contributed by atoms with E-state index in [-0.39, 0.29) is 32.7 Å². The van der Waals surface area contributed by atoms with Crippen molar-refractivity contribution in [1.29, 1.82) is 0 Å². The Hall–Kier alpha value is -0.596. The monoisotopic (exact) mass is 243 g/mol. The standard InChI is InChI=1S/C10H6N2.Y/c1-2-6-12-10(3-1)9-4-7-11-8-5-9;/h1-2,4,6-8H;/q-2;. The molecule has 0 saturated carbocycles. The summed E-state index contributed by atoms with van der Waals surface area (Å²) in [5.41, 5.74) is 1.73. The van der Waals surface area contributed by atoms with Gasteiger partial charge in [-0.1, -0.05) is 0 Å². The summed E-state index contributed by atoms with van der Waals surface area (Å²) >= 11 is 0. The first-order valence-electron chi connectivity index (χ1n) is 3.61. The van der Waals surface area contributed by atoms with E-state index in [9.17, 15) is 0 Å². The van der Waals surface area contributed by atoms with E-state index in [1.807, 2.05) is 18.2 Å². The number of hydrogen-bond donors (Lipinski definition) is 0. The van der Waals surface area contributed by atoms with Crippen molar-refractivity contribution in [3.63, 3.8) is 0 Å². The molecule has 0 atom stereocenters. The molecule has 0 N–H and O–H groups in total. The van der Waals surface area contributed by atoms with Crippen molar-refractivity contribution < 1.29 is 32.7 Å². The van der Waals surface area contributed by atoms with Crippen LogP contribution in [-0.2, 0) is 32.7 Å². The Labute approximate surface area is 102 Å². The van der Waals surface area contributed by atoms with Crippen LogP contribution in [0.4, 0.5) is 0 Å². The zero-order valence-corrected chi connectivity index (χ0v) is 9.77. The van der Waals surface area contributed by atoms with Crippen molar-refractivity contribution in [2.75, 3.05) is 0 Å². The van der Waals surface area contributed by atoms with E-state index in [0.29, 0.717) is 0 Å². The van der Waals surface area contributed by atoms with Crippen LogP contribution in [0.25, 0.3) is 11.3 Å². The molecule has 13 heavy (non-hydrogen) atoms. The molecule has 2 heterocycles. The van der Waals surface area contributed by atoms with E-state index in [1.165, 1.54) is 0 Å². The van der Waals surface area contributed by atoms with Gasteiger partial charge in [0.05, 0.1) is 0 Å². The third-order valence-electron chi connectivity index (χ3n) is 1.48. The molecule has 0 saturated heterocycles. The van der Waals surface area contributed by atoms with Crippen molar-refractivity contribution >= 4 is 0 Å². The second-order valence-corrected chi connectivity index (χ2v) is 2.28. The zero-order valence-electron chi connectivity index (χ0n) is 6.94. The summed E-state index contributed by atoms with van der Waals surface area (Å²) in [5.74, 6) is 0. The normalized spacial score (nSPS) is 8.92. The molecular weight excluding hydrogens is 237 g/mol. The van der Waals surface area contributed by atoms with Gasteiger partial charge in [-0.3, -0.25) is 10.5 Å². The number of pyridine rings is 2. The molecule has 2 aromatic heterocycles. The van der Waals surface area contributed by atoms with Crippen molar-refractivity contribution in [1.82, 2.24) is 9.97 Å². The molecule has 3 heteroatoms. The van der Waals surface area contributed by atoms with Crippen LogP contribution in [0.15, 0.2) is 36.8 Å². The molecule has 61 valence electrons. The Morgan fingerprint density at radius 2 is 2.08 bits per heavy atom. The van der Waals surface area contributed by atoms with Gasteiger partial charge >= 0.3 is 0 Å². The zero-order chi connectivity index (χ0) is 8.23. The van der Waals surface area contributed by atoms with Gasteiger partial charge in [-0.05, 0) is 18.6 Å². The van der Waals surface area contributed by atoms with E-state index >= 15 is 0 Å². The van der Waals surface area contributed by atoms with Gasteiger partial charge < -0.3 is 4.98 Å². The second-order valence-electron chi connectivity index (χ2n) is 2.28. The number of rotatable bonds is 1. The molecule has 0 aliphatic carbocycles. The molecule has 2 aromatic rings. The smallest absolute Gasteiger partial charge is 0 e. The van der Waals surface area contributed by atoms with Gasteiger partial charge in [0.25, 0.3) is 0 Å². The first-order chi connectivity index (χ1) is 5.97. The molecule has 0 aliphatic rings. The van der Waals surface area contributed by atoms with Crippen LogP contribution in [-0.4, -0.2) is 9.97 Å². The van der Waals surface area contributed by atoms with Gasteiger partial charge in [0.15, 0.2) is 0 Å². The van der Waals surface area contributed by atoms with E-state index in [2.05, 4.69) is 22.1 Å². The second kappa shape index (κ2) is 5.20. The van der Waals surface area contributed by atoms with E-state index in [4.69, 9.17) is 0 Å². The third kappa shape index (κ3) is 2.68. The largest absolute Gasteiger partial charge is 0.360 e. The molecule has 2 nitrogen and oxygen atoms in total. The van der Waals surface area contributed by atoms with Gasteiger partial charge in [-0.2, -0.15) is 17.8 Å². The minimum Gasteiger partial charge on any atom is -0.360 e. The van der Waals surface area contributed by atoms with Crippen molar-refractivity contribution in [3.05, 3.63) is 48.9 Å². The van der Waals surface area contributed by atoms with Crippen LogP contribution in [0.5, 0.6) is 0 Å². The van der Waals surface area contributed by atoms with Crippen molar-refractivity contribution in [2.45, 2.75) is 0 Å². The predicted molar refractivity (Wildman–Crippen MR) is 45.1 cm³/mol. The van der Waals surface area contributed by atoms with E-state index in [1.54, 1.807) is 18.6 Å². The number of nitrogens with zero attached hydrogens (tertiary/aromatic N) is 2. The summed E-state index contributed by atoms with van der Waals surface area (Å²) in [6, 6.07) is 11.5. The van der Waals surface area contributed by atoms with Crippen molar-refractivity contribution in [3.8, 4) is 11.3 Å². The number of aromatic nitrogens is 2. The van der Waals surface area contributed by atoms with Gasteiger partial charge in [0.1, 0.15) is 0 Å². The molecule has 0 aliphatic heterocycles. The minimum absolute atomic E-state index is 0. The maximum Gasteiger partial charge on any atom is 0 e. The SMILES string of the molecule is [Y].[c-]1cnccc1-c1[c-]cccn1. The fraction of sp³-hybridized carbons (Fsp3) is 0. The molecule has 0 unspecified atom stereocenters.